The van der Waals surface area contributed by atoms with Crippen molar-refractivity contribution in [1.82, 2.24) is 9.97 Å². The van der Waals surface area contributed by atoms with Crippen LogP contribution >= 0.6 is 0 Å². The molecule has 0 saturated heterocycles. The number of aromatic nitrogens is 2. The Morgan fingerprint density at radius 1 is 0.900 bits per heavy atom. The summed E-state index contributed by atoms with van der Waals surface area (Å²) in [6, 6.07) is 7.73. The SMILES string of the molecule is CCOc1cc2c(cc1OC)CN(c1nc(N)c3cc(OC)c(OC)cc3n1)CC2. The molecule has 8 heteroatoms. The lowest BCUT2D eigenvalue weighted by Crippen LogP contribution is -2.32. The maximum atomic E-state index is 6.26. The fraction of sp³-hybridized carbons (Fsp3) is 0.364. The molecule has 0 unspecified atom stereocenters. The first-order chi connectivity index (χ1) is 14.6. The number of anilines is 2. The molecule has 2 heterocycles. The van der Waals surface area contributed by atoms with Gasteiger partial charge in [-0.3, -0.25) is 0 Å². The van der Waals surface area contributed by atoms with Crippen LogP contribution in [-0.2, 0) is 13.0 Å². The molecule has 158 valence electrons. The van der Waals surface area contributed by atoms with Crippen LogP contribution < -0.4 is 29.6 Å². The molecule has 1 aliphatic rings. The number of methoxy groups -OCH3 is 3. The van der Waals surface area contributed by atoms with E-state index in [2.05, 4.69) is 16.0 Å². The van der Waals surface area contributed by atoms with Crippen molar-refractivity contribution in [2.45, 2.75) is 19.9 Å². The van der Waals surface area contributed by atoms with Gasteiger partial charge in [-0.25, -0.2) is 4.98 Å². The standard InChI is InChI=1S/C22H26N4O4/c1-5-30-20-8-13-6-7-26(12-14(13)9-17(20)27-2)22-24-16-11-19(29-4)18(28-3)10-15(16)21(23)25-22/h8-11H,5-7,12H2,1-4H3,(H2,23,24,25). The molecule has 4 rings (SSSR count). The molecule has 30 heavy (non-hydrogen) atoms. The predicted molar refractivity (Wildman–Crippen MR) is 116 cm³/mol. The fourth-order valence-electron chi connectivity index (χ4n) is 3.77. The zero-order chi connectivity index (χ0) is 21.3. The Balaban J connectivity index is 1.70. The summed E-state index contributed by atoms with van der Waals surface area (Å²) in [5.41, 5.74) is 9.38. The van der Waals surface area contributed by atoms with Gasteiger partial charge in [0.1, 0.15) is 5.82 Å². The second kappa shape index (κ2) is 8.14. The zero-order valence-electron chi connectivity index (χ0n) is 17.7. The Kier molecular flexibility index (Phi) is 5.39. The van der Waals surface area contributed by atoms with E-state index in [-0.39, 0.29) is 0 Å². The smallest absolute Gasteiger partial charge is 0.228 e. The number of nitrogens with two attached hydrogens (primary N) is 1. The molecular weight excluding hydrogens is 384 g/mol. The number of hydrogen-bond donors (Lipinski definition) is 1. The highest BCUT2D eigenvalue weighted by Crippen LogP contribution is 2.36. The lowest BCUT2D eigenvalue weighted by Gasteiger charge is -2.30. The van der Waals surface area contributed by atoms with E-state index in [4.69, 9.17) is 29.7 Å². The van der Waals surface area contributed by atoms with E-state index < -0.39 is 0 Å². The quantitative estimate of drug-likeness (QED) is 0.662. The maximum absolute atomic E-state index is 6.26. The van der Waals surface area contributed by atoms with Gasteiger partial charge in [0, 0.05) is 24.5 Å². The lowest BCUT2D eigenvalue weighted by molar-refractivity contribution is 0.310. The van der Waals surface area contributed by atoms with E-state index in [0.717, 1.165) is 35.4 Å². The van der Waals surface area contributed by atoms with Crippen LogP contribution in [0.4, 0.5) is 11.8 Å². The third-order valence-corrected chi connectivity index (χ3v) is 5.30. The Morgan fingerprint density at radius 3 is 2.27 bits per heavy atom. The third kappa shape index (κ3) is 3.49. The average molecular weight is 410 g/mol. The molecule has 0 spiro atoms. The second-order valence-corrected chi connectivity index (χ2v) is 7.01. The summed E-state index contributed by atoms with van der Waals surface area (Å²) in [4.78, 5) is 11.4. The molecule has 1 aromatic heterocycles. The zero-order valence-corrected chi connectivity index (χ0v) is 17.7. The summed E-state index contributed by atoms with van der Waals surface area (Å²) in [6.45, 7) is 4.01. The van der Waals surface area contributed by atoms with E-state index >= 15 is 0 Å². The molecule has 0 fully saturated rings. The largest absolute Gasteiger partial charge is 0.493 e. The first-order valence-electron chi connectivity index (χ1n) is 9.84. The average Bonchev–Trinajstić information content (AvgIpc) is 2.77. The summed E-state index contributed by atoms with van der Waals surface area (Å²) >= 11 is 0. The van der Waals surface area contributed by atoms with E-state index in [0.29, 0.717) is 41.9 Å². The lowest BCUT2D eigenvalue weighted by atomic mass is 9.99. The van der Waals surface area contributed by atoms with Gasteiger partial charge in [0.05, 0.1) is 33.5 Å². The second-order valence-electron chi connectivity index (χ2n) is 7.01. The van der Waals surface area contributed by atoms with Crippen molar-refractivity contribution in [1.29, 1.82) is 0 Å². The van der Waals surface area contributed by atoms with Crippen molar-refractivity contribution in [2.75, 3.05) is 45.1 Å². The van der Waals surface area contributed by atoms with Crippen molar-refractivity contribution in [3.63, 3.8) is 0 Å². The molecule has 2 aromatic carbocycles. The maximum Gasteiger partial charge on any atom is 0.228 e. The molecule has 2 N–H and O–H groups in total. The first kappa shape index (κ1) is 19.9. The summed E-state index contributed by atoms with van der Waals surface area (Å²) in [5, 5.41) is 0.733. The normalized spacial score (nSPS) is 13.1. The van der Waals surface area contributed by atoms with Gasteiger partial charge in [0.15, 0.2) is 23.0 Å². The number of rotatable bonds is 6. The van der Waals surface area contributed by atoms with Crippen LogP contribution in [0.2, 0.25) is 0 Å². The van der Waals surface area contributed by atoms with E-state index in [9.17, 15) is 0 Å². The summed E-state index contributed by atoms with van der Waals surface area (Å²) in [7, 11) is 4.84. The van der Waals surface area contributed by atoms with Crippen LogP contribution in [0.5, 0.6) is 23.0 Å². The van der Waals surface area contributed by atoms with Gasteiger partial charge < -0.3 is 29.6 Å². The Morgan fingerprint density at radius 2 is 1.57 bits per heavy atom. The van der Waals surface area contributed by atoms with Crippen molar-refractivity contribution < 1.29 is 18.9 Å². The summed E-state index contributed by atoms with van der Waals surface area (Å²) in [6.07, 6.45) is 0.854. The summed E-state index contributed by atoms with van der Waals surface area (Å²) in [5.74, 6) is 3.70. The Labute approximate surface area is 175 Å². The van der Waals surface area contributed by atoms with Crippen molar-refractivity contribution >= 4 is 22.7 Å². The van der Waals surface area contributed by atoms with Crippen molar-refractivity contribution in [3.8, 4) is 23.0 Å². The number of ether oxygens (including phenoxy) is 4. The highest BCUT2D eigenvalue weighted by atomic mass is 16.5. The van der Waals surface area contributed by atoms with E-state index in [1.807, 2.05) is 19.1 Å². The van der Waals surface area contributed by atoms with Gasteiger partial charge in [-0.15, -0.1) is 0 Å². The number of nitrogen functional groups attached to an aromatic ring is 1. The van der Waals surface area contributed by atoms with Crippen LogP contribution in [-0.4, -0.2) is 44.4 Å². The topological polar surface area (TPSA) is 92.0 Å². The minimum absolute atomic E-state index is 0.408. The van der Waals surface area contributed by atoms with Crippen molar-refractivity contribution in [3.05, 3.63) is 35.4 Å². The van der Waals surface area contributed by atoms with E-state index in [1.165, 1.54) is 5.56 Å². The molecule has 0 radical (unpaired) electrons. The third-order valence-electron chi connectivity index (χ3n) is 5.30. The molecular formula is C22H26N4O4. The molecule has 0 saturated carbocycles. The van der Waals surface area contributed by atoms with Crippen LogP contribution in [0.1, 0.15) is 18.1 Å². The molecule has 1 aliphatic heterocycles. The highest BCUT2D eigenvalue weighted by Gasteiger charge is 2.22. The fourth-order valence-corrected chi connectivity index (χ4v) is 3.77. The van der Waals surface area contributed by atoms with Crippen LogP contribution in [0.3, 0.4) is 0 Å². The Hall–Kier alpha value is -3.42. The van der Waals surface area contributed by atoms with Gasteiger partial charge in [-0.2, -0.15) is 4.98 Å². The van der Waals surface area contributed by atoms with Gasteiger partial charge >= 0.3 is 0 Å². The van der Waals surface area contributed by atoms with Crippen molar-refractivity contribution in [2.24, 2.45) is 0 Å². The molecule has 0 atom stereocenters. The molecule has 0 amide bonds. The summed E-state index contributed by atoms with van der Waals surface area (Å²) < 4.78 is 22.0. The van der Waals surface area contributed by atoms with Crippen LogP contribution in [0.25, 0.3) is 10.9 Å². The number of benzene rings is 2. The minimum Gasteiger partial charge on any atom is -0.493 e. The predicted octanol–water partition coefficient (Wildman–Crippen LogP) is 3.20. The highest BCUT2D eigenvalue weighted by molar-refractivity contribution is 5.91. The van der Waals surface area contributed by atoms with Crippen LogP contribution in [0.15, 0.2) is 24.3 Å². The van der Waals surface area contributed by atoms with Gasteiger partial charge in [0.2, 0.25) is 5.95 Å². The number of fused-ring (bicyclic) bond motifs is 2. The van der Waals surface area contributed by atoms with Gasteiger partial charge in [-0.1, -0.05) is 0 Å². The van der Waals surface area contributed by atoms with Crippen LogP contribution in [0, 0.1) is 0 Å². The number of nitrogens with zero attached hydrogens (tertiary/aromatic N) is 3. The molecule has 0 aliphatic carbocycles. The minimum atomic E-state index is 0.408. The monoisotopic (exact) mass is 410 g/mol. The Bertz CT molecular complexity index is 1090. The first-order valence-corrected chi connectivity index (χ1v) is 9.84. The molecule has 0 bridgehead atoms. The van der Waals surface area contributed by atoms with Gasteiger partial charge in [0.25, 0.3) is 0 Å². The van der Waals surface area contributed by atoms with E-state index in [1.54, 1.807) is 27.4 Å². The van der Waals surface area contributed by atoms with Gasteiger partial charge in [-0.05, 0) is 42.7 Å². The molecule has 3 aromatic rings. The number of hydrogen-bond acceptors (Lipinski definition) is 8. The molecule has 8 nitrogen and oxygen atoms in total.